The Morgan fingerprint density at radius 1 is 0.609 bits per heavy atom. The summed E-state index contributed by atoms with van der Waals surface area (Å²) in [7, 11) is -2.18. The van der Waals surface area contributed by atoms with Gasteiger partial charge in [-0.3, -0.25) is 9.13 Å². The highest BCUT2D eigenvalue weighted by atomic mass is 28.4. The third-order valence-electron chi connectivity index (χ3n) is 4.22. The lowest BCUT2D eigenvalue weighted by Gasteiger charge is -2.55. The molecule has 0 saturated carbocycles. The van der Waals surface area contributed by atoms with Crippen LogP contribution in [0.4, 0.5) is 0 Å². The summed E-state index contributed by atoms with van der Waals surface area (Å²) in [5.41, 5.74) is 0. The van der Waals surface area contributed by atoms with Crippen LogP contribution in [-0.4, -0.2) is 55.1 Å². The van der Waals surface area contributed by atoms with Crippen LogP contribution in [0, 0.1) is 0 Å². The Hall–Kier alpha value is 0.0569. The fraction of sp³-hybridized carbons (Fsp3) is 1.00. The SMILES string of the molecule is CCCN[Si](NCCC)(N(C(C)C)C(C)C)N(C(C)C)C(C)C. The number of nitrogens with zero attached hydrogens (tertiary/aromatic N) is 2. The third-order valence-corrected chi connectivity index (χ3v) is 9.26. The second-order valence-corrected chi connectivity index (χ2v) is 10.8. The van der Waals surface area contributed by atoms with E-state index >= 15 is 0 Å². The van der Waals surface area contributed by atoms with Crippen molar-refractivity contribution < 1.29 is 0 Å². The van der Waals surface area contributed by atoms with E-state index in [2.05, 4.69) is 88.3 Å². The summed E-state index contributed by atoms with van der Waals surface area (Å²) in [6.07, 6.45) is 2.33. The molecule has 0 spiro atoms. The van der Waals surface area contributed by atoms with E-state index < -0.39 is 8.72 Å². The lowest BCUT2D eigenvalue weighted by atomic mass is 10.3. The largest absolute Gasteiger partial charge is 0.372 e. The zero-order valence-corrected chi connectivity index (χ0v) is 18.5. The average Bonchev–Trinajstić information content (AvgIpc) is 2.40. The second kappa shape index (κ2) is 10.8. The summed E-state index contributed by atoms with van der Waals surface area (Å²) < 4.78 is 5.47. The van der Waals surface area contributed by atoms with Crippen molar-refractivity contribution in [3.8, 4) is 0 Å². The van der Waals surface area contributed by atoms with Gasteiger partial charge in [-0.25, -0.2) is 0 Å². The van der Waals surface area contributed by atoms with Gasteiger partial charge in [-0.15, -0.1) is 0 Å². The van der Waals surface area contributed by atoms with Crippen molar-refractivity contribution >= 4 is 8.72 Å². The first kappa shape index (κ1) is 23.1. The molecule has 5 heteroatoms. The fourth-order valence-corrected chi connectivity index (χ4v) is 9.16. The number of nitrogens with one attached hydrogen (secondary N) is 2. The van der Waals surface area contributed by atoms with Crippen molar-refractivity contribution in [2.75, 3.05) is 13.1 Å². The quantitative estimate of drug-likeness (QED) is 0.529. The Bertz CT molecular complexity index is 259. The molecule has 23 heavy (non-hydrogen) atoms. The molecule has 0 aliphatic rings. The maximum absolute atomic E-state index is 4.02. The molecular weight excluding hydrogens is 300 g/mol. The predicted molar refractivity (Wildman–Crippen MR) is 107 cm³/mol. The highest BCUT2D eigenvalue weighted by Gasteiger charge is 2.50. The molecule has 0 aliphatic heterocycles. The standard InChI is InChI=1S/C18H44N4Si/c1-11-13-19-23(20-14-12-2,21(15(3)4)16(5)6)22(17(7)8)18(9)10/h15-20H,11-14H2,1-10H3. The topological polar surface area (TPSA) is 30.5 Å². The first-order chi connectivity index (χ1) is 10.7. The first-order valence-corrected chi connectivity index (χ1v) is 11.6. The molecule has 0 atom stereocenters. The number of rotatable bonds is 12. The van der Waals surface area contributed by atoms with Gasteiger partial charge in [0.25, 0.3) is 0 Å². The van der Waals surface area contributed by atoms with Gasteiger partial charge in [-0.1, -0.05) is 69.2 Å². The lowest BCUT2D eigenvalue weighted by molar-refractivity contribution is 0.184. The molecule has 140 valence electrons. The van der Waals surface area contributed by atoms with Crippen molar-refractivity contribution in [1.29, 1.82) is 0 Å². The Balaban J connectivity index is 6.09. The van der Waals surface area contributed by atoms with Gasteiger partial charge in [0.05, 0.1) is 0 Å². The molecule has 0 rings (SSSR count). The van der Waals surface area contributed by atoms with Crippen molar-refractivity contribution in [3.05, 3.63) is 0 Å². The lowest BCUT2D eigenvalue weighted by Crippen LogP contribution is -2.86. The molecule has 0 radical (unpaired) electrons. The summed E-state index contributed by atoms with van der Waals surface area (Å²) >= 11 is 0. The van der Waals surface area contributed by atoms with E-state index in [1.165, 1.54) is 0 Å². The molecule has 0 aromatic heterocycles. The highest BCUT2D eigenvalue weighted by Crippen LogP contribution is 2.22. The van der Waals surface area contributed by atoms with Crippen molar-refractivity contribution in [2.45, 2.75) is 106 Å². The predicted octanol–water partition coefficient (Wildman–Crippen LogP) is 3.66. The first-order valence-electron chi connectivity index (χ1n) is 9.72. The van der Waals surface area contributed by atoms with Crippen LogP contribution in [-0.2, 0) is 0 Å². The normalized spacial score (nSPS) is 13.6. The summed E-state index contributed by atoms with van der Waals surface area (Å²) in [4.78, 5) is 8.05. The minimum atomic E-state index is -2.18. The molecular formula is C18H44N4Si. The van der Waals surface area contributed by atoms with E-state index in [9.17, 15) is 0 Å². The van der Waals surface area contributed by atoms with Crippen LogP contribution in [0.3, 0.4) is 0 Å². The molecule has 0 saturated heterocycles. The van der Waals surface area contributed by atoms with Crippen LogP contribution in [0.2, 0.25) is 0 Å². The molecule has 2 N–H and O–H groups in total. The summed E-state index contributed by atoms with van der Waals surface area (Å²) in [5.74, 6) is 0. The van der Waals surface area contributed by atoms with Crippen molar-refractivity contribution in [1.82, 2.24) is 19.1 Å². The van der Waals surface area contributed by atoms with Gasteiger partial charge in [0.2, 0.25) is 0 Å². The molecule has 0 amide bonds. The van der Waals surface area contributed by atoms with Gasteiger partial charge in [0.15, 0.2) is 0 Å². The zero-order valence-electron chi connectivity index (χ0n) is 17.5. The Kier molecular flexibility index (Phi) is 10.9. The Morgan fingerprint density at radius 2 is 0.870 bits per heavy atom. The molecule has 0 aliphatic carbocycles. The molecule has 0 aromatic carbocycles. The summed E-state index contributed by atoms with van der Waals surface area (Å²) in [6.45, 7) is 25.3. The summed E-state index contributed by atoms with van der Waals surface area (Å²) in [5, 5.41) is 0. The number of hydrogen-bond acceptors (Lipinski definition) is 4. The van der Waals surface area contributed by atoms with E-state index in [-0.39, 0.29) is 0 Å². The zero-order chi connectivity index (χ0) is 18.2. The monoisotopic (exact) mass is 344 g/mol. The van der Waals surface area contributed by atoms with E-state index in [4.69, 9.17) is 0 Å². The highest BCUT2D eigenvalue weighted by molar-refractivity contribution is 6.69. The van der Waals surface area contributed by atoms with E-state index in [0.29, 0.717) is 24.2 Å². The van der Waals surface area contributed by atoms with Gasteiger partial charge in [0.1, 0.15) is 0 Å². The third kappa shape index (κ3) is 6.13. The minimum absolute atomic E-state index is 0.510. The smallest absolute Gasteiger partial charge is 0.300 e. The average molecular weight is 345 g/mol. The van der Waals surface area contributed by atoms with Crippen LogP contribution in [0.25, 0.3) is 0 Å². The van der Waals surface area contributed by atoms with E-state index in [1.807, 2.05) is 0 Å². The molecule has 0 fully saturated rings. The van der Waals surface area contributed by atoms with Gasteiger partial charge < -0.3 is 9.96 Å². The van der Waals surface area contributed by atoms with Gasteiger partial charge >= 0.3 is 8.72 Å². The van der Waals surface area contributed by atoms with Crippen molar-refractivity contribution in [3.63, 3.8) is 0 Å². The van der Waals surface area contributed by atoms with Crippen LogP contribution in [0.15, 0.2) is 0 Å². The summed E-state index contributed by atoms with van der Waals surface area (Å²) in [6, 6.07) is 2.04. The molecule has 4 nitrogen and oxygen atoms in total. The van der Waals surface area contributed by atoms with Gasteiger partial charge in [-0.05, 0) is 25.9 Å². The van der Waals surface area contributed by atoms with Gasteiger partial charge in [0, 0.05) is 24.2 Å². The van der Waals surface area contributed by atoms with Crippen LogP contribution >= 0.6 is 0 Å². The van der Waals surface area contributed by atoms with Crippen LogP contribution in [0.5, 0.6) is 0 Å². The van der Waals surface area contributed by atoms with Crippen molar-refractivity contribution in [2.24, 2.45) is 0 Å². The Labute approximate surface area is 147 Å². The maximum Gasteiger partial charge on any atom is 0.372 e. The van der Waals surface area contributed by atoms with E-state index in [0.717, 1.165) is 25.9 Å². The number of hydrogen-bond donors (Lipinski definition) is 2. The second-order valence-electron chi connectivity index (χ2n) is 7.72. The Morgan fingerprint density at radius 3 is 1.04 bits per heavy atom. The van der Waals surface area contributed by atoms with E-state index in [1.54, 1.807) is 0 Å². The molecule has 0 unspecified atom stereocenters. The maximum atomic E-state index is 4.02. The van der Waals surface area contributed by atoms with Crippen LogP contribution < -0.4 is 9.96 Å². The molecule has 0 heterocycles. The molecule has 0 aromatic rings. The molecule has 0 bridgehead atoms. The fourth-order valence-electron chi connectivity index (χ4n) is 3.85. The van der Waals surface area contributed by atoms with Gasteiger partial charge in [-0.2, -0.15) is 0 Å². The van der Waals surface area contributed by atoms with Crippen LogP contribution in [0.1, 0.15) is 82.1 Å². The minimum Gasteiger partial charge on any atom is -0.300 e.